The van der Waals surface area contributed by atoms with E-state index in [0.29, 0.717) is 24.0 Å². The van der Waals surface area contributed by atoms with E-state index in [0.717, 1.165) is 13.0 Å². The average molecular weight is 260 g/mol. The number of para-hydroxylation sites is 1. The van der Waals surface area contributed by atoms with Crippen molar-refractivity contribution in [3.05, 3.63) is 29.8 Å². The monoisotopic (exact) mass is 260 g/mol. The van der Waals surface area contributed by atoms with Crippen LogP contribution in [0.3, 0.4) is 0 Å². The van der Waals surface area contributed by atoms with Crippen molar-refractivity contribution >= 4 is 0 Å². The molecule has 0 bridgehead atoms. The molecule has 0 unspecified atom stereocenters. The van der Waals surface area contributed by atoms with Gasteiger partial charge in [-0.2, -0.15) is 5.26 Å². The van der Waals surface area contributed by atoms with Crippen LogP contribution in [0.1, 0.15) is 38.7 Å². The summed E-state index contributed by atoms with van der Waals surface area (Å²) in [5.74, 6) is 0.690. The maximum atomic E-state index is 8.96. The Hall–Kier alpha value is -1.53. The number of benzene rings is 1. The first-order valence-corrected chi connectivity index (χ1v) is 7.05. The first-order chi connectivity index (χ1) is 9.22. The van der Waals surface area contributed by atoms with E-state index in [-0.39, 0.29) is 0 Å². The summed E-state index contributed by atoms with van der Waals surface area (Å²) in [6.45, 7) is 6.14. The molecule has 0 aliphatic heterocycles. The van der Waals surface area contributed by atoms with Crippen molar-refractivity contribution in [2.24, 2.45) is 0 Å². The van der Waals surface area contributed by atoms with Gasteiger partial charge in [-0.25, -0.2) is 0 Å². The van der Waals surface area contributed by atoms with E-state index in [1.807, 2.05) is 18.2 Å². The fourth-order valence-electron chi connectivity index (χ4n) is 2.28. The van der Waals surface area contributed by atoms with Crippen molar-refractivity contribution in [3.8, 4) is 11.8 Å². The molecule has 19 heavy (non-hydrogen) atoms. The molecule has 0 radical (unpaired) electrons. The Balaban J connectivity index is 2.33. The molecule has 0 N–H and O–H groups in total. The van der Waals surface area contributed by atoms with Crippen molar-refractivity contribution < 1.29 is 4.74 Å². The zero-order valence-corrected chi connectivity index (χ0v) is 12.2. The van der Waals surface area contributed by atoms with Crippen LogP contribution in [0.5, 0.6) is 5.75 Å². The summed E-state index contributed by atoms with van der Waals surface area (Å²) in [5, 5.41) is 8.96. The minimum Gasteiger partial charge on any atom is -0.492 e. The number of nitriles is 1. The SMILES string of the molecule is CCC(CC)N(C)CCCOc1ccccc1C#N. The van der Waals surface area contributed by atoms with Crippen LogP contribution < -0.4 is 4.74 Å². The van der Waals surface area contributed by atoms with Crippen LogP contribution in [0.15, 0.2) is 24.3 Å². The zero-order chi connectivity index (χ0) is 14.1. The van der Waals surface area contributed by atoms with Crippen molar-refractivity contribution in [1.29, 1.82) is 5.26 Å². The van der Waals surface area contributed by atoms with Gasteiger partial charge in [0.1, 0.15) is 11.8 Å². The quantitative estimate of drug-likeness (QED) is 0.672. The lowest BCUT2D eigenvalue weighted by molar-refractivity contribution is 0.205. The lowest BCUT2D eigenvalue weighted by Gasteiger charge is -2.25. The van der Waals surface area contributed by atoms with E-state index in [1.54, 1.807) is 6.07 Å². The van der Waals surface area contributed by atoms with E-state index in [9.17, 15) is 0 Å². The largest absolute Gasteiger partial charge is 0.492 e. The van der Waals surface area contributed by atoms with Gasteiger partial charge in [0.25, 0.3) is 0 Å². The molecule has 0 saturated carbocycles. The van der Waals surface area contributed by atoms with Gasteiger partial charge >= 0.3 is 0 Å². The third-order valence-corrected chi connectivity index (χ3v) is 3.49. The zero-order valence-electron chi connectivity index (χ0n) is 12.2. The molecule has 0 saturated heterocycles. The highest BCUT2D eigenvalue weighted by Gasteiger charge is 2.09. The summed E-state index contributed by atoms with van der Waals surface area (Å²) in [6, 6.07) is 10.2. The average Bonchev–Trinajstić information content (AvgIpc) is 2.45. The highest BCUT2D eigenvalue weighted by Crippen LogP contribution is 2.16. The van der Waals surface area contributed by atoms with E-state index >= 15 is 0 Å². The summed E-state index contributed by atoms with van der Waals surface area (Å²) < 4.78 is 5.68. The Morgan fingerprint density at radius 3 is 2.58 bits per heavy atom. The first-order valence-electron chi connectivity index (χ1n) is 7.05. The molecular formula is C16H24N2O. The van der Waals surface area contributed by atoms with Gasteiger partial charge in [-0.05, 0) is 38.4 Å². The topological polar surface area (TPSA) is 36.3 Å². The van der Waals surface area contributed by atoms with Crippen LogP contribution in [0.2, 0.25) is 0 Å². The second-order valence-corrected chi connectivity index (χ2v) is 4.76. The van der Waals surface area contributed by atoms with Crippen LogP contribution >= 0.6 is 0 Å². The third kappa shape index (κ3) is 4.92. The minimum atomic E-state index is 0.607. The standard InChI is InChI=1S/C16H24N2O/c1-4-15(5-2)18(3)11-8-12-19-16-10-7-6-9-14(16)13-17/h6-7,9-10,15H,4-5,8,11-12H2,1-3H3. The number of hydrogen-bond donors (Lipinski definition) is 0. The fraction of sp³-hybridized carbons (Fsp3) is 0.562. The van der Waals surface area contributed by atoms with Crippen LogP contribution in [0.25, 0.3) is 0 Å². The molecule has 1 aromatic carbocycles. The lowest BCUT2D eigenvalue weighted by atomic mass is 10.1. The summed E-state index contributed by atoms with van der Waals surface area (Å²) in [4.78, 5) is 2.39. The Labute approximate surface area is 116 Å². The molecule has 104 valence electrons. The van der Waals surface area contributed by atoms with Gasteiger partial charge in [0.2, 0.25) is 0 Å². The first kappa shape index (κ1) is 15.5. The Morgan fingerprint density at radius 1 is 1.26 bits per heavy atom. The van der Waals surface area contributed by atoms with Crippen LogP contribution in [-0.4, -0.2) is 31.1 Å². The Kier molecular flexibility index (Phi) is 6.99. The maximum Gasteiger partial charge on any atom is 0.137 e. The van der Waals surface area contributed by atoms with E-state index < -0.39 is 0 Å². The van der Waals surface area contributed by atoms with Crippen molar-refractivity contribution in [1.82, 2.24) is 4.90 Å². The molecule has 0 aliphatic rings. The molecule has 3 nitrogen and oxygen atoms in total. The molecule has 1 aromatic rings. The van der Waals surface area contributed by atoms with Crippen molar-refractivity contribution in [3.63, 3.8) is 0 Å². The van der Waals surface area contributed by atoms with Gasteiger partial charge in [0.05, 0.1) is 12.2 Å². The maximum absolute atomic E-state index is 8.96. The van der Waals surface area contributed by atoms with Crippen LogP contribution in [-0.2, 0) is 0 Å². The molecule has 0 heterocycles. The van der Waals surface area contributed by atoms with E-state index in [4.69, 9.17) is 10.00 Å². The molecular weight excluding hydrogens is 236 g/mol. The van der Waals surface area contributed by atoms with Crippen molar-refractivity contribution in [2.45, 2.75) is 39.2 Å². The number of nitrogens with zero attached hydrogens (tertiary/aromatic N) is 2. The van der Waals surface area contributed by atoms with Gasteiger partial charge in [0, 0.05) is 12.6 Å². The van der Waals surface area contributed by atoms with Gasteiger partial charge < -0.3 is 9.64 Å². The predicted molar refractivity (Wildman–Crippen MR) is 78.3 cm³/mol. The summed E-state index contributed by atoms with van der Waals surface area (Å²) >= 11 is 0. The minimum absolute atomic E-state index is 0.607. The second-order valence-electron chi connectivity index (χ2n) is 4.76. The molecule has 0 atom stereocenters. The van der Waals surface area contributed by atoms with Crippen LogP contribution in [0, 0.1) is 11.3 Å². The van der Waals surface area contributed by atoms with Gasteiger partial charge in [0.15, 0.2) is 0 Å². The number of hydrogen-bond acceptors (Lipinski definition) is 3. The lowest BCUT2D eigenvalue weighted by Crippen LogP contribution is -2.32. The van der Waals surface area contributed by atoms with Gasteiger partial charge in [-0.15, -0.1) is 0 Å². The molecule has 0 amide bonds. The predicted octanol–water partition coefficient (Wildman–Crippen LogP) is 3.45. The molecule has 0 aromatic heterocycles. The van der Waals surface area contributed by atoms with Crippen molar-refractivity contribution in [2.75, 3.05) is 20.2 Å². The van der Waals surface area contributed by atoms with Gasteiger partial charge in [-0.1, -0.05) is 26.0 Å². The number of rotatable bonds is 8. The highest BCUT2D eigenvalue weighted by atomic mass is 16.5. The molecule has 0 aliphatic carbocycles. The van der Waals surface area contributed by atoms with Crippen LogP contribution in [0.4, 0.5) is 0 Å². The highest BCUT2D eigenvalue weighted by molar-refractivity contribution is 5.42. The summed E-state index contributed by atoms with van der Waals surface area (Å²) in [6.07, 6.45) is 3.35. The number of ether oxygens (including phenoxy) is 1. The molecule has 1 rings (SSSR count). The normalized spacial score (nSPS) is 10.7. The Morgan fingerprint density at radius 2 is 1.95 bits per heavy atom. The third-order valence-electron chi connectivity index (χ3n) is 3.49. The van der Waals surface area contributed by atoms with E-state index in [1.165, 1.54) is 12.8 Å². The van der Waals surface area contributed by atoms with Gasteiger partial charge in [-0.3, -0.25) is 0 Å². The van der Waals surface area contributed by atoms with E-state index in [2.05, 4.69) is 31.9 Å². The molecule has 3 heteroatoms. The summed E-state index contributed by atoms with van der Waals surface area (Å²) in [5.41, 5.74) is 0.607. The molecule has 0 spiro atoms. The Bertz CT molecular complexity index is 407. The fourth-order valence-corrected chi connectivity index (χ4v) is 2.28. The summed E-state index contributed by atoms with van der Waals surface area (Å²) in [7, 11) is 2.17. The second kappa shape index (κ2) is 8.55. The molecule has 0 fully saturated rings. The smallest absolute Gasteiger partial charge is 0.137 e.